The fourth-order valence-corrected chi connectivity index (χ4v) is 3.62. The summed E-state index contributed by atoms with van der Waals surface area (Å²) in [7, 11) is 2.09. The van der Waals surface area contributed by atoms with Crippen molar-refractivity contribution in [3.63, 3.8) is 0 Å². The number of likely N-dealkylation sites (tertiary alicyclic amines) is 1. The highest BCUT2D eigenvalue weighted by Gasteiger charge is 2.24. The summed E-state index contributed by atoms with van der Waals surface area (Å²) in [6.45, 7) is 5.93. The van der Waals surface area contributed by atoms with Crippen molar-refractivity contribution < 1.29 is 23.1 Å². The Hall–Kier alpha value is -2.43. The lowest BCUT2D eigenvalue weighted by Gasteiger charge is -2.25. The molecule has 0 radical (unpaired) electrons. The summed E-state index contributed by atoms with van der Waals surface area (Å²) < 4.78 is 39.6. The highest BCUT2D eigenvalue weighted by Crippen LogP contribution is 2.25. The Morgan fingerprint density at radius 2 is 2.06 bits per heavy atom. The van der Waals surface area contributed by atoms with Gasteiger partial charge in [0.15, 0.2) is 5.84 Å². The van der Waals surface area contributed by atoms with Gasteiger partial charge in [-0.05, 0) is 26.6 Å². The first-order chi connectivity index (χ1) is 15.8. The molecule has 2 N–H and O–H groups in total. The van der Waals surface area contributed by atoms with Gasteiger partial charge in [0.25, 0.3) is 6.43 Å². The Kier molecular flexibility index (Phi) is 10.8. The van der Waals surface area contributed by atoms with Gasteiger partial charge in [0, 0.05) is 29.9 Å². The third-order valence-electron chi connectivity index (χ3n) is 5.37. The Bertz CT molecular complexity index is 864. The normalized spacial score (nSPS) is 17.8. The van der Waals surface area contributed by atoms with Crippen LogP contribution in [0, 0.1) is 5.82 Å². The number of aliphatic imine (C=N–C) groups is 2. The zero-order valence-corrected chi connectivity index (χ0v) is 19.2. The smallest absolute Gasteiger partial charge is 0.266 e. The molecule has 0 unspecified atom stereocenters. The van der Waals surface area contributed by atoms with E-state index >= 15 is 0 Å². The third-order valence-corrected chi connectivity index (χ3v) is 5.50. The maximum absolute atomic E-state index is 14.1. The number of rotatable bonds is 7. The average molecular weight is 488 g/mol. The van der Waals surface area contributed by atoms with Crippen molar-refractivity contribution >= 4 is 30.6 Å². The number of benzene rings is 1. The van der Waals surface area contributed by atoms with Crippen LogP contribution in [0.15, 0.2) is 39.5 Å². The number of nitrogens with one attached hydrogen (secondary N) is 1. The van der Waals surface area contributed by atoms with Crippen LogP contribution < -0.4 is 5.32 Å². The molecule has 1 aromatic carbocycles. The molecule has 182 valence electrons. The van der Waals surface area contributed by atoms with Crippen LogP contribution in [0.4, 0.5) is 13.2 Å². The van der Waals surface area contributed by atoms with Gasteiger partial charge in [-0.1, -0.05) is 18.2 Å². The number of piperidine rings is 1. The molecule has 0 saturated carbocycles. The predicted molar refractivity (Wildman–Crippen MR) is 123 cm³/mol. The fourth-order valence-electron chi connectivity index (χ4n) is 3.46. The minimum Gasteiger partial charge on any atom is -0.393 e. The number of nitrogens with zero attached hydrogens (tertiary/aromatic N) is 4. The van der Waals surface area contributed by atoms with Crippen molar-refractivity contribution in [2.75, 3.05) is 39.2 Å². The van der Waals surface area contributed by atoms with E-state index in [2.05, 4.69) is 34.0 Å². The van der Waals surface area contributed by atoms with Crippen LogP contribution in [0.2, 0.25) is 0 Å². The van der Waals surface area contributed by atoms with Gasteiger partial charge in [-0.2, -0.15) is 0 Å². The molecule has 0 bridgehead atoms. The van der Waals surface area contributed by atoms with Gasteiger partial charge in [0.1, 0.15) is 5.82 Å². The van der Waals surface area contributed by atoms with Crippen molar-refractivity contribution in [2.24, 2.45) is 9.98 Å². The number of halogens is 4. The zero-order valence-electron chi connectivity index (χ0n) is 18.5. The molecule has 1 aromatic rings. The minimum absolute atomic E-state index is 0.0220. The molecule has 11 heteroatoms. The van der Waals surface area contributed by atoms with Gasteiger partial charge in [-0.25, -0.2) is 18.2 Å². The van der Waals surface area contributed by atoms with Crippen LogP contribution in [0.1, 0.15) is 30.4 Å². The second kappa shape index (κ2) is 13.3. The number of aliphatic hydroxyl groups is 1. The molecule has 1 saturated heterocycles. The molecule has 0 atom stereocenters. The molecule has 0 aromatic heterocycles. The molecule has 33 heavy (non-hydrogen) atoms. The number of hydrogen-bond acceptors (Lipinski definition) is 5. The van der Waals surface area contributed by atoms with Gasteiger partial charge in [0.05, 0.1) is 37.3 Å². The van der Waals surface area contributed by atoms with E-state index in [4.69, 9.17) is 16.7 Å². The van der Waals surface area contributed by atoms with E-state index in [0.717, 1.165) is 32.0 Å². The molecule has 3 rings (SSSR count). The number of carbonyl (C=O) groups is 1. The van der Waals surface area contributed by atoms with Gasteiger partial charge >= 0.3 is 0 Å². The maximum Gasteiger partial charge on any atom is 0.266 e. The average Bonchev–Trinajstić information content (AvgIpc) is 3.20. The monoisotopic (exact) mass is 487 g/mol. The van der Waals surface area contributed by atoms with E-state index < -0.39 is 17.8 Å². The van der Waals surface area contributed by atoms with E-state index in [0.29, 0.717) is 24.2 Å². The van der Waals surface area contributed by atoms with E-state index in [1.807, 2.05) is 0 Å². The second-order valence-electron chi connectivity index (χ2n) is 7.73. The quantitative estimate of drug-likeness (QED) is 0.204. The summed E-state index contributed by atoms with van der Waals surface area (Å²) >= 11 is 5.67. The van der Waals surface area contributed by atoms with E-state index in [1.165, 1.54) is 17.0 Å². The van der Waals surface area contributed by atoms with Gasteiger partial charge in [-0.3, -0.25) is 9.79 Å². The summed E-state index contributed by atoms with van der Waals surface area (Å²) in [4.78, 5) is 22.7. The van der Waals surface area contributed by atoms with Crippen molar-refractivity contribution in [1.82, 2.24) is 15.1 Å². The summed E-state index contributed by atoms with van der Waals surface area (Å²) in [5.41, 5.74) is 0.623. The molecule has 7 nitrogen and oxygen atoms in total. The summed E-state index contributed by atoms with van der Waals surface area (Å²) in [6, 6.07) is 3.88. The van der Waals surface area contributed by atoms with Crippen LogP contribution in [-0.2, 0) is 11.3 Å². The molecule has 2 heterocycles. The fraction of sp³-hybridized carbons (Fsp3) is 0.500. The van der Waals surface area contributed by atoms with Crippen molar-refractivity contribution in [3.05, 3.63) is 46.4 Å². The summed E-state index contributed by atoms with van der Waals surface area (Å²) in [5.74, 6) is -0.780. The van der Waals surface area contributed by atoms with Gasteiger partial charge in [0.2, 0.25) is 6.41 Å². The summed E-state index contributed by atoms with van der Waals surface area (Å²) in [5, 5.41) is 11.9. The first-order valence-electron chi connectivity index (χ1n) is 10.4. The SMILES string of the molecule is C=NC(=NCc1cccc(C(F)F)c1F)C1=C(NCCl)CN(C=O)C1.CN1CCC(O)CC1. The Balaban J connectivity index is 0.000000405. The molecule has 2 aliphatic rings. The molecule has 2 aliphatic heterocycles. The van der Waals surface area contributed by atoms with Crippen LogP contribution in [0.3, 0.4) is 0 Å². The number of alkyl halides is 3. The molecule has 1 amide bonds. The minimum atomic E-state index is -2.90. The van der Waals surface area contributed by atoms with Crippen LogP contribution in [-0.4, -0.2) is 79.2 Å². The summed E-state index contributed by atoms with van der Waals surface area (Å²) in [6.07, 6.45) is -0.340. The van der Waals surface area contributed by atoms with Crippen molar-refractivity contribution in [3.8, 4) is 0 Å². The maximum atomic E-state index is 14.1. The zero-order chi connectivity index (χ0) is 24.4. The molecule has 0 aliphatic carbocycles. The van der Waals surface area contributed by atoms with E-state index in [1.54, 1.807) is 0 Å². The van der Waals surface area contributed by atoms with E-state index in [-0.39, 0.29) is 36.6 Å². The highest BCUT2D eigenvalue weighted by molar-refractivity contribution is 6.17. The number of hydrogen-bond donors (Lipinski definition) is 2. The predicted octanol–water partition coefficient (Wildman–Crippen LogP) is 2.95. The molecular weight excluding hydrogens is 459 g/mol. The van der Waals surface area contributed by atoms with Crippen LogP contribution >= 0.6 is 11.6 Å². The van der Waals surface area contributed by atoms with Gasteiger partial charge < -0.3 is 20.2 Å². The largest absolute Gasteiger partial charge is 0.393 e. The molecule has 1 fully saturated rings. The Morgan fingerprint density at radius 1 is 1.36 bits per heavy atom. The van der Waals surface area contributed by atoms with Crippen molar-refractivity contribution in [1.29, 1.82) is 0 Å². The number of amidine groups is 1. The second-order valence-corrected chi connectivity index (χ2v) is 8.00. The lowest BCUT2D eigenvalue weighted by molar-refractivity contribution is -0.117. The Morgan fingerprint density at radius 3 is 2.61 bits per heavy atom. The van der Waals surface area contributed by atoms with Gasteiger partial charge in [-0.15, -0.1) is 11.6 Å². The standard InChI is InChI=1S/C16H16ClF3N4O.C6H13NO/c1-21-16(12-6-24(9-25)7-13(12)23-8-17)22-5-10-3-2-4-11(14(10)18)15(19)20;1-7-4-2-6(8)3-5-7/h2-4,9,15,23H,1,5-8H2;6,8H,2-5H2,1H3. The number of aliphatic hydroxyl groups excluding tert-OH is 1. The molecular formula is C22H29ClF3N5O2. The molecule has 0 spiro atoms. The van der Waals surface area contributed by atoms with E-state index in [9.17, 15) is 18.0 Å². The Labute approximate surface area is 196 Å². The lowest BCUT2D eigenvalue weighted by atomic mass is 10.1. The van der Waals surface area contributed by atoms with Crippen LogP contribution in [0.5, 0.6) is 0 Å². The highest BCUT2D eigenvalue weighted by atomic mass is 35.5. The first kappa shape index (κ1) is 26.8. The number of amides is 1. The third kappa shape index (κ3) is 7.83. The lowest BCUT2D eigenvalue weighted by Crippen LogP contribution is -2.32. The van der Waals surface area contributed by atoms with Crippen LogP contribution in [0.25, 0.3) is 0 Å². The van der Waals surface area contributed by atoms with Crippen molar-refractivity contribution in [2.45, 2.75) is 31.9 Å². The number of carbonyl (C=O) groups excluding carboxylic acids is 1. The topological polar surface area (TPSA) is 80.5 Å². The first-order valence-corrected chi connectivity index (χ1v) is 11.0.